The molecule has 0 fully saturated rings. The van der Waals surface area contributed by atoms with Gasteiger partial charge in [-0.05, 0) is 31.2 Å². The molecular weight excluding hydrogens is 334 g/mol. The van der Waals surface area contributed by atoms with E-state index < -0.39 is 12.2 Å². The number of amides is 2. The van der Waals surface area contributed by atoms with Crippen molar-refractivity contribution in [3.63, 3.8) is 0 Å². The number of hydrogen-bond donors (Lipinski definition) is 0. The molecule has 0 N–H and O–H groups in total. The van der Waals surface area contributed by atoms with Crippen molar-refractivity contribution in [1.82, 2.24) is 4.90 Å². The van der Waals surface area contributed by atoms with Gasteiger partial charge in [-0.3, -0.25) is 14.5 Å². The third kappa shape index (κ3) is 3.54. The summed E-state index contributed by atoms with van der Waals surface area (Å²) in [6, 6.07) is 8.41. The normalized spacial score (nSPS) is 17.8. The molecule has 26 heavy (non-hydrogen) atoms. The highest BCUT2D eigenvalue weighted by Crippen LogP contribution is 2.37. The highest BCUT2D eigenvalue weighted by molar-refractivity contribution is 6.19. The summed E-state index contributed by atoms with van der Waals surface area (Å²) in [6.07, 6.45) is 3.64. The van der Waals surface area contributed by atoms with E-state index in [9.17, 15) is 14.4 Å². The molecule has 0 bridgehead atoms. The summed E-state index contributed by atoms with van der Waals surface area (Å²) < 4.78 is 9.96. The van der Waals surface area contributed by atoms with Crippen molar-refractivity contribution in [2.45, 2.75) is 31.7 Å². The van der Waals surface area contributed by atoms with E-state index in [-0.39, 0.29) is 25.0 Å². The van der Waals surface area contributed by atoms with Crippen LogP contribution in [0.5, 0.6) is 0 Å². The number of carbonyl (C=O) groups is 3. The molecule has 6 heteroatoms. The van der Waals surface area contributed by atoms with Crippen LogP contribution in [0.3, 0.4) is 0 Å². The van der Waals surface area contributed by atoms with Gasteiger partial charge in [0.05, 0.1) is 6.04 Å². The summed E-state index contributed by atoms with van der Waals surface area (Å²) in [5.41, 5.74) is 1.94. The fraction of sp³-hybridized carbons (Fsp3) is 0.350. The van der Waals surface area contributed by atoms with Crippen LogP contribution in [0.1, 0.15) is 37.3 Å². The molecule has 6 nitrogen and oxygen atoms in total. The highest BCUT2D eigenvalue weighted by Gasteiger charge is 2.43. The molecule has 2 amide bonds. The SMILES string of the molecule is C=CCOC(=O)OC[C@@H](c1ccccc1)N1C(=O)C2=C(CCCC2)C1=O. The van der Waals surface area contributed by atoms with Gasteiger partial charge in [0.15, 0.2) is 0 Å². The van der Waals surface area contributed by atoms with Crippen LogP contribution in [-0.4, -0.2) is 36.1 Å². The van der Waals surface area contributed by atoms with Gasteiger partial charge in [0.1, 0.15) is 13.2 Å². The maximum Gasteiger partial charge on any atom is 0.508 e. The molecule has 1 aliphatic heterocycles. The van der Waals surface area contributed by atoms with Crippen LogP contribution in [0.4, 0.5) is 4.79 Å². The fourth-order valence-corrected chi connectivity index (χ4v) is 3.35. The maximum absolute atomic E-state index is 12.8. The zero-order valence-electron chi connectivity index (χ0n) is 14.5. The first-order valence-electron chi connectivity index (χ1n) is 8.68. The molecule has 0 saturated carbocycles. The minimum absolute atomic E-state index is 0.0340. The Labute approximate surface area is 152 Å². The lowest BCUT2D eigenvalue weighted by Crippen LogP contribution is -2.38. The van der Waals surface area contributed by atoms with Crippen LogP contribution in [0.2, 0.25) is 0 Å². The van der Waals surface area contributed by atoms with E-state index in [1.807, 2.05) is 18.2 Å². The van der Waals surface area contributed by atoms with Gasteiger partial charge in [0.25, 0.3) is 11.8 Å². The number of benzene rings is 1. The minimum atomic E-state index is -0.859. The van der Waals surface area contributed by atoms with E-state index in [4.69, 9.17) is 9.47 Å². The molecule has 3 rings (SSSR count). The Morgan fingerprint density at radius 3 is 2.27 bits per heavy atom. The van der Waals surface area contributed by atoms with Gasteiger partial charge in [0.2, 0.25) is 0 Å². The average Bonchev–Trinajstić information content (AvgIpc) is 2.93. The Kier molecular flexibility index (Phi) is 5.51. The molecule has 1 aliphatic carbocycles. The quantitative estimate of drug-likeness (QED) is 0.445. The van der Waals surface area contributed by atoms with Gasteiger partial charge in [-0.15, -0.1) is 0 Å². The second-order valence-corrected chi connectivity index (χ2v) is 6.23. The lowest BCUT2D eigenvalue weighted by Gasteiger charge is -2.26. The molecule has 0 aromatic heterocycles. The second-order valence-electron chi connectivity index (χ2n) is 6.23. The summed E-state index contributed by atoms with van der Waals surface area (Å²) in [5, 5.41) is 0. The van der Waals surface area contributed by atoms with Crippen LogP contribution in [0, 0.1) is 0 Å². The van der Waals surface area contributed by atoms with Gasteiger partial charge in [-0.2, -0.15) is 0 Å². The number of rotatable bonds is 6. The standard InChI is InChI=1S/C20H21NO5/c1-2-12-25-20(24)26-13-17(14-8-4-3-5-9-14)21-18(22)15-10-6-7-11-16(15)19(21)23/h2-5,8-9,17H,1,6-7,10-13H2/t17-/m0/s1. The molecule has 1 aromatic rings. The molecule has 2 aliphatic rings. The molecule has 0 radical (unpaired) electrons. The largest absolute Gasteiger partial charge is 0.508 e. The van der Waals surface area contributed by atoms with Crippen LogP contribution in [0.25, 0.3) is 0 Å². The van der Waals surface area contributed by atoms with Crippen molar-refractivity contribution in [2.75, 3.05) is 13.2 Å². The summed E-state index contributed by atoms with van der Waals surface area (Å²) in [6.45, 7) is 3.34. The van der Waals surface area contributed by atoms with E-state index in [0.717, 1.165) is 18.4 Å². The van der Waals surface area contributed by atoms with Crippen molar-refractivity contribution in [3.8, 4) is 0 Å². The Balaban J connectivity index is 1.82. The first kappa shape index (κ1) is 17.9. The zero-order chi connectivity index (χ0) is 18.5. The molecule has 0 unspecified atom stereocenters. The molecule has 136 valence electrons. The fourth-order valence-electron chi connectivity index (χ4n) is 3.35. The molecule has 1 atom stereocenters. The van der Waals surface area contributed by atoms with Crippen molar-refractivity contribution in [3.05, 3.63) is 59.7 Å². The van der Waals surface area contributed by atoms with E-state index in [0.29, 0.717) is 24.0 Å². The number of nitrogens with zero attached hydrogens (tertiary/aromatic N) is 1. The Bertz CT molecular complexity index is 725. The summed E-state index contributed by atoms with van der Waals surface area (Å²) >= 11 is 0. The predicted octanol–water partition coefficient (Wildman–Crippen LogP) is 3.31. The molecular formula is C20H21NO5. The van der Waals surface area contributed by atoms with Gasteiger partial charge >= 0.3 is 6.16 Å². The molecule has 1 heterocycles. The number of ether oxygens (including phenoxy) is 2. The van der Waals surface area contributed by atoms with Gasteiger partial charge in [-0.25, -0.2) is 4.79 Å². The Morgan fingerprint density at radius 2 is 1.69 bits per heavy atom. The number of imide groups is 1. The average molecular weight is 355 g/mol. The topological polar surface area (TPSA) is 72.9 Å². The van der Waals surface area contributed by atoms with E-state index in [1.165, 1.54) is 11.0 Å². The van der Waals surface area contributed by atoms with Crippen molar-refractivity contribution in [2.24, 2.45) is 0 Å². The third-order valence-corrected chi connectivity index (χ3v) is 4.60. The van der Waals surface area contributed by atoms with Crippen molar-refractivity contribution >= 4 is 18.0 Å². The van der Waals surface area contributed by atoms with Crippen molar-refractivity contribution < 1.29 is 23.9 Å². The number of hydrogen-bond acceptors (Lipinski definition) is 5. The van der Waals surface area contributed by atoms with Crippen molar-refractivity contribution in [1.29, 1.82) is 0 Å². The Morgan fingerprint density at radius 1 is 1.08 bits per heavy atom. The van der Waals surface area contributed by atoms with E-state index >= 15 is 0 Å². The number of carbonyl (C=O) groups excluding carboxylic acids is 3. The van der Waals surface area contributed by atoms with Crippen LogP contribution >= 0.6 is 0 Å². The summed E-state index contributed by atoms with van der Waals surface area (Å²) in [7, 11) is 0. The maximum atomic E-state index is 12.8. The third-order valence-electron chi connectivity index (χ3n) is 4.60. The first-order chi connectivity index (χ1) is 12.6. The zero-order valence-corrected chi connectivity index (χ0v) is 14.5. The Hall–Kier alpha value is -2.89. The first-order valence-corrected chi connectivity index (χ1v) is 8.68. The van der Waals surface area contributed by atoms with Gasteiger partial charge in [0, 0.05) is 11.1 Å². The van der Waals surface area contributed by atoms with E-state index in [2.05, 4.69) is 6.58 Å². The minimum Gasteiger partial charge on any atom is -0.432 e. The van der Waals surface area contributed by atoms with Gasteiger partial charge in [-0.1, -0.05) is 43.0 Å². The molecule has 0 spiro atoms. The predicted molar refractivity (Wildman–Crippen MR) is 94.0 cm³/mol. The van der Waals surface area contributed by atoms with Gasteiger partial charge < -0.3 is 9.47 Å². The molecule has 1 aromatic carbocycles. The summed E-state index contributed by atoms with van der Waals surface area (Å²) in [4.78, 5) is 38.6. The lowest BCUT2D eigenvalue weighted by molar-refractivity contribution is -0.142. The monoisotopic (exact) mass is 355 g/mol. The van der Waals surface area contributed by atoms with E-state index in [1.54, 1.807) is 12.1 Å². The summed E-state index contributed by atoms with van der Waals surface area (Å²) in [5.74, 6) is -0.553. The molecule has 0 saturated heterocycles. The van der Waals surface area contributed by atoms with Crippen LogP contribution in [0.15, 0.2) is 54.1 Å². The smallest absolute Gasteiger partial charge is 0.432 e. The van der Waals surface area contributed by atoms with Crippen LogP contribution < -0.4 is 0 Å². The van der Waals surface area contributed by atoms with Crippen LogP contribution in [-0.2, 0) is 19.1 Å². The highest BCUT2D eigenvalue weighted by atomic mass is 16.7. The second kappa shape index (κ2) is 7.99. The lowest BCUT2D eigenvalue weighted by atomic mass is 9.93.